The van der Waals surface area contributed by atoms with Crippen molar-refractivity contribution in [2.24, 2.45) is 0 Å². The van der Waals surface area contributed by atoms with E-state index < -0.39 is 0 Å². The first-order chi connectivity index (χ1) is 12.5. The molecular formula is C19H22FN3O2S. The van der Waals surface area contributed by atoms with Crippen LogP contribution >= 0.6 is 11.3 Å². The van der Waals surface area contributed by atoms with E-state index in [2.05, 4.69) is 5.32 Å². The highest BCUT2D eigenvalue weighted by Gasteiger charge is 2.25. The molecule has 7 heteroatoms. The van der Waals surface area contributed by atoms with E-state index >= 15 is 0 Å². The first-order valence-corrected chi connectivity index (χ1v) is 9.50. The summed E-state index contributed by atoms with van der Waals surface area (Å²) < 4.78 is 13.0. The number of piperidine rings is 1. The highest BCUT2D eigenvalue weighted by Crippen LogP contribution is 2.18. The number of halogens is 1. The van der Waals surface area contributed by atoms with Crippen molar-refractivity contribution in [1.29, 1.82) is 0 Å². The van der Waals surface area contributed by atoms with E-state index in [0.29, 0.717) is 18.0 Å². The molecule has 5 nitrogen and oxygen atoms in total. The van der Waals surface area contributed by atoms with Gasteiger partial charge in [-0.25, -0.2) is 4.39 Å². The van der Waals surface area contributed by atoms with Gasteiger partial charge in [0.1, 0.15) is 5.82 Å². The number of rotatable bonds is 5. The lowest BCUT2D eigenvalue weighted by Gasteiger charge is -2.33. The number of amides is 2. The van der Waals surface area contributed by atoms with Crippen LogP contribution in [0.15, 0.2) is 41.8 Å². The average molecular weight is 375 g/mol. The van der Waals surface area contributed by atoms with Crippen molar-refractivity contribution in [3.63, 3.8) is 0 Å². The van der Waals surface area contributed by atoms with Crippen LogP contribution in [0.3, 0.4) is 0 Å². The highest BCUT2D eigenvalue weighted by atomic mass is 32.1. The highest BCUT2D eigenvalue weighted by molar-refractivity contribution is 7.12. The predicted octanol–water partition coefficient (Wildman–Crippen LogP) is 3.06. The zero-order chi connectivity index (χ0) is 18.5. The van der Waals surface area contributed by atoms with Gasteiger partial charge in [0.15, 0.2) is 0 Å². The van der Waals surface area contributed by atoms with E-state index in [9.17, 15) is 14.0 Å². The Morgan fingerprint density at radius 1 is 1.23 bits per heavy atom. The van der Waals surface area contributed by atoms with Crippen LogP contribution in [0.1, 0.15) is 22.5 Å². The second kappa shape index (κ2) is 8.31. The fourth-order valence-electron chi connectivity index (χ4n) is 3.02. The fourth-order valence-corrected chi connectivity index (χ4v) is 3.74. The van der Waals surface area contributed by atoms with Gasteiger partial charge in [0.05, 0.1) is 11.4 Å². The fraction of sp³-hybridized carbons (Fsp3) is 0.368. The van der Waals surface area contributed by atoms with E-state index in [1.807, 2.05) is 11.4 Å². The summed E-state index contributed by atoms with van der Waals surface area (Å²) in [6.07, 6.45) is 1.65. The third-order valence-electron chi connectivity index (χ3n) is 4.51. The van der Waals surface area contributed by atoms with Crippen molar-refractivity contribution in [1.82, 2.24) is 9.80 Å². The van der Waals surface area contributed by atoms with Gasteiger partial charge in [-0.05, 0) is 48.6 Å². The summed E-state index contributed by atoms with van der Waals surface area (Å²) in [7, 11) is 1.66. The number of nitrogens with one attached hydrogen (secondary N) is 1. The van der Waals surface area contributed by atoms with Crippen molar-refractivity contribution < 1.29 is 14.0 Å². The summed E-state index contributed by atoms with van der Waals surface area (Å²) in [4.78, 5) is 28.6. The second-order valence-corrected chi connectivity index (χ2v) is 7.39. The van der Waals surface area contributed by atoms with Gasteiger partial charge in [-0.1, -0.05) is 6.07 Å². The van der Waals surface area contributed by atoms with Gasteiger partial charge in [-0.3, -0.25) is 9.59 Å². The molecule has 2 amide bonds. The Morgan fingerprint density at radius 2 is 1.92 bits per heavy atom. The Bertz CT molecular complexity index is 741. The van der Waals surface area contributed by atoms with E-state index in [0.717, 1.165) is 18.5 Å². The van der Waals surface area contributed by atoms with Crippen LogP contribution in [-0.2, 0) is 4.79 Å². The maximum absolute atomic E-state index is 13.0. The number of likely N-dealkylation sites (tertiary alicyclic amines) is 1. The number of hydrogen-bond donors (Lipinski definition) is 1. The number of likely N-dealkylation sites (N-methyl/N-ethyl adjacent to an activating group) is 1. The molecule has 1 aliphatic rings. The summed E-state index contributed by atoms with van der Waals surface area (Å²) in [6, 6.07) is 10.2. The molecule has 0 unspecified atom stereocenters. The third kappa shape index (κ3) is 4.60. The molecular weight excluding hydrogens is 353 g/mol. The first-order valence-electron chi connectivity index (χ1n) is 8.62. The Hall–Kier alpha value is -2.41. The summed E-state index contributed by atoms with van der Waals surface area (Å²) in [5, 5.41) is 5.23. The van der Waals surface area contributed by atoms with Gasteiger partial charge in [0.2, 0.25) is 5.91 Å². The van der Waals surface area contributed by atoms with Crippen molar-refractivity contribution in [3.05, 3.63) is 52.5 Å². The zero-order valence-corrected chi connectivity index (χ0v) is 15.5. The van der Waals surface area contributed by atoms with Crippen LogP contribution in [0.2, 0.25) is 0 Å². The molecule has 1 aromatic carbocycles. The van der Waals surface area contributed by atoms with Crippen LogP contribution in [0.4, 0.5) is 10.1 Å². The summed E-state index contributed by atoms with van der Waals surface area (Å²) in [6.45, 7) is 1.39. The van der Waals surface area contributed by atoms with Gasteiger partial charge < -0.3 is 15.1 Å². The largest absolute Gasteiger partial charge is 0.382 e. The number of nitrogens with zero attached hydrogens (tertiary/aromatic N) is 2. The molecule has 0 spiro atoms. The molecule has 1 saturated heterocycles. The molecule has 0 aliphatic carbocycles. The van der Waals surface area contributed by atoms with E-state index in [-0.39, 0.29) is 30.2 Å². The molecule has 138 valence electrons. The predicted molar refractivity (Wildman–Crippen MR) is 101 cm³/mol. The number of benzene rings is 1. The lowest BCUT2D eigenvalue weighted by Crippen LogP contribution is -2.46. The van der Waals surface area contributed by atoms with Gasteiger partial charge in [-0.2, -0.15) is 0 Å². The van der Waals surface area contributed by atoms with Gasteiger partial charge in [0.25, 0.3) is 5.91 Å². The molecule has 2 heterocycles. The molecule has 0 saturated carbocycles. The Balaban J connectivity index is 1.46. The standard InChI is InChI=1S/C19H22FN3O2S/c1-22(19(25)17-3-2-12-26-17)13-18(24)23-10-8-16(9-11-23)21-15-6-4-14(20)5-7-15/h2-7,12,16,21H,8-11,13H2,1H3. The van der Waals surface area contributed by atoms with Gasteiger partial charge in [-0.15, -0.1) is 11.3 Å². The van der Waals surface area contributed by atoms with Crippen LogP contribution < -0.4 is 5.32 Å². The van der Waals surface area contributed by atoms with E-state index in [1.54, 1.807) is 30.1 Å². The molecule has 0 radical (unpaired) electrons. The quantitative estimate of drug-likeness (QED) is 0.874. The summed E-state index contributed by atoms with van der Waals surface area (Å²) >= 11 is 1.38. The minimum atomic E-state index is -0.253. The molecule has 2 aromatic rings. The van der Waals surface area contributed by atoms with Gasteiger partial charge in [0, 0.05) is 31.9 Å². The van der Waals surface area contributed by atoms with Crippen molar-refractivity contribution in [3.8, 4) is 0 Å². The monoisotopic (exact) mass is 375 g/mol. The third-order valence-corrected chi connectivity index (χ3v) is 5.37. The number of carbonyl (C=O) groups is 2. The van der Waals surface area contributed by atoms with Crippen LogP contribution in [0.25, 0.3) is 0 Å². The topological polar surface area (TPSA) is 52.7 Å². The maximum atomic E-state index is 13.0. The molecule has 1 aliphatic heterocycles. The molecule has 1 N–H and O–H groups in total. The molecule has 1 aromatic heterocycles. The Labute approximate surface area is 156 Å². The maximum Gasteiger partial charge on any atom is 0.264 e. The number of anilines is 1. The minimum absolute atomic E-state index is 0.0300. The van der Waals surface area contributed by atoms with Crippen LogP contribution in [0, 0.1) is 5.82 Å². The van der Waals surface area contributed by atoms with E-state index in [4.69, 9.17) is 0 Å². The van der Waals surface area contributed by atoms with Crippen LogP contribution in [-0.4, -0.2) is 54.3 Å². The molecule has 0 atom stereocenters. The molecule has 1 fully saturated rings. The number of thiophene rings is 1. The summed E-state index contributed by atoms with van der Waals surface area (Å²) in [5.41, 5.74) is 0.887. The molecule has 3 rings (SSSR count). The first kappa shape index (κ1) is 18.4. The SMILES string of the molecule is CN(CC(=O)N1CCC(Nc2ccc(F)cc2)CC1)C(=O)c1cccs1. The smallest absolute Gasteiger partial charge is 0.264 e. The number of carbonyl (C=O) groups excluding carboxylic acids is 2. The summed E-state index contributed by atoms with van der Waals surface area (Å²) in [5.74, 6) is -0.406. The number of hydrogen-bond acceptors (Lipinski definition) is 4. The molecule has 26 heavy (non-hydrogen) atoms. The minimum Gasteiger partial charge on any atom is -0.382 e. The Morgan fingerprint density at radius 3 is 2.54 bits per heavy atom. The molecule has 0 bridgehead atoms. The van der Waals surface area contributed by atoms with E-state index in [1.165, 1.54) is 28.4 Å². The second-order valence-electron chi connectivity index (χ2n) is 6.44. The Kier molecular flexibility index (Phi) is 5.88. The van der Waals surface area contributed by atoms with Crippen molar-refractivity contribution in [2.45, 2.75) is 18.9 Å². The van der Waals surface area contributed by atoms with Crippen LogP contribution in [0.5, 0.6) is 0 Å². The van der Waals surface area contributed by atoms with Crippen molar-refractivity contribution >= 4 is 28.8 Å². The lowest BCUT2D eigenvalue weighted by atomic mass is 10.0. The normalized spacial score (nSPS) is 14.9. The van der Waals surface area contributed by atoms with Crippen molar-refractivity contribution in [2.75, 3.05) is 32.0 Å². The lowest BCUT2D eigenvalue weighted by molar-refractivity contribution is -0.132. The van der Waals surface area contributed by atoms with Gasteiger partial charge >= 0.3 is 0 Å². The zero-order valence-electron chi connectivity index (χ0n) is 14.7. The average Bonchev–Trinajstić information content (AvgIpc) is 3.18.